The number of hydrogen-bond donors (Lipinski definition) is 1. The van der Waals surface area contributed by atoms with Crippen molar-refractivity contribution >= 4 is 17.3 Å². The van der Waals surface area contributed by atoms with Gasteiger partial charge >= 0.3 is 0 Å². The Morgan fingerprint density at radius 3 is 2.60 bits per heavy atom. The van der Waals surface area contributed by atoms with Crippen molar-refractivity contribution < 1.29 is 14.2 Å². The molecule has 3 heterocycles. The van der Waals surface area contributed by atoms with Crippen molar-refractivity contribution in [1.29, 1.82) is 0 Å². The summed E-state index contributed by atoms with van der Waals surface area (Å²) in [6.07, 6.45) is 1.60. The van der Waals surface area contributed by atoms with Crippen LogP contribution in [-0.2, 0) is 4.74 Å². The first kappa shape index (κ1) is 16.0. The minimum atomic E-state index is 0.619. The van der Waals surface area contributed by atoms with Crippen LogP contribution in [0.25, 0.3) is 0 Å². The van der Waals surface area contributed by atoms with Crippen molar-refractivity contribution in [2.24, 2.45) is 11.8 Å². The lowest BCUT2D eigenvalue weighted by molar-refractivity contribution is 0.177. The van der Waals surface area contributed by atoms with E-state index in [4.69, 9.17) is 14.2 Å². The molecule has 2 saturated heterocycles. The van der Waals surface area contributed by atoms with Gasteiger partial charge in [-0.3, -0.25) is 0 Å². The molecule has 25 heavy (non-hydrogen) atoms. The van der Waals surface area contributed by atoms with Gasteiger partial charge in [-0.2, -0.15) is 0 Å². The molecule has 4 rings (SSSR count). The van der Waals surface area contributed by atoms with Crippen LogP contribution in [0, 0.1) is 11.8 Å². The fourth-order valence-corrected chi connectivity index (χ4v) is 3.50. The summed E-state index contributed by atoms with van der Waals surface area (Å²) in [5, 5.41) is 3.31. The number of ether oxygens (including phenoxy) is 3. The zero-order valence-electron chi connectivity index (χ0n) is 14.4. The Kier molecular flexibility index (Phi) is 4.31. The monoisotopic (exact) mass is 342 g/mol. The molecule has 0 saturated carbocycles. The largest absolute Gasteiger partial charge is 0.497 e. The summed E-state index contributed by atoms with van der Waals surface area (Å²) in [5.41, 5.74) is 0.833. The van der Waals surface area contributed by atoms with Crippen LogP contribution in [0.3, 0.4) is 0 Å². The van der Waals surface area contributed by atoms with E-state index in [1.807, 2.05) is 24.3 Å². The number of nitrogens with zero attached hydrogens (tertiary/aromatic N) is 3. The maximum atomic E-state index is 5.55. The number of hydrogen-bond acceptors (Lipinski definition) is 7. The quantitative estimate of drug-likeness (QED) is 0.894. The van der Waals surface area contributed by atoms with Crippen LogP contribution in [0.2, 0.25) is 0 Å². The maximum absolute atomic E-state index is 5.55. The molecule has 2 atom stereocenters. The zero-order valence-corrected chi connectivity index (χ0v) is 14.4. The normalized spacial score (nSPS) is 21.9. The van der Waals surface area contributed by atoms with Crippen molar-refractivity contribution in [2.45, 2.75) is 0 Å². The highest BCUT2D eigenvalue weighted by Gasteiger charge is 2.37. The standard InChI is InChI=1S/C18H22N4O3/c1-23-14-3-4-15(16(5-14)24-2)21-17-6-18(20-11-19-17)22-7-12-9-25-10-13(12)8-22/h3-6,11-13H,7-10H2,1-2H3,(H,19,20,21)/t12-,13+. The third kappa shape index (κ3) is 3.19. The van der Waals surface area contributed by atoms with Gasteiger partial charge in [0, 0.05) is 37.1 Å². The van der Waals surface area contributed by atoms with Crippen LogP contribution in [0.5, 0.6) is 11.5 Å². The Labute approximate surface area is 146 Å². The highest BCUT2D eigenvalue weighted by molar-refractivity contribution is 5.67. The van der Waals surface area contributed by atoms with Crippen molar-refractivity contribution in [3.05, 3.63) is 30.6 Å². The lowest BCUT2D eigenvalue weighted by Gasteiger charge is -2.19. The van der Waals surface area contributed by atoms with E-state index in [2.05, 4.69) is 20.2 Å². The minimum Gasteiger partial charge on any atom is -0.497 e. The van der Waals surface area contributed by atoms with Gasteiger partial charge in [-0.15, -0.1) is 0 Å². The molecule has 1 aromatic carbocycles. The molecule has 1 aromatic heterocycles. The SMILES string of the molecule is COc1ccc(Nc2cc(N3C[C@H]4COC[C@H]4C3)ncn2)c(OC)c1. The second-order valence-corrected chi connectivity index (χ2v) is 6.42. The van der Waals surface area contributed by atoms with Crippen LogP contribution in [0.4, 0.5) is 17.3 Å². The molecule has 0 radical (unpaired) electrons. The number of methoxy groups -OCH3 is 2. The summed E-state index contributed by atoms with van der Waals surface area (Å²) in [7, 11) is 3.27. The van der Waals surface area contributed by atoms with Crippen molar-refractivity contribution in [1.82, 2.24) is 9.97 Å². The molecule has 0 aliphatic carbocycles. The first-order valence-electron chi connectivity index (χ1n) is 8.40. The van der Waals surface area contributed by atoms with Gasteiger partial charge in [0.2, 0.25) is 0 Å². The summed E-state index contributed by atoms with van der Waals surface area (Å²) in [5.74, 6) is 4.37. The highest BCUT2D eigenvalue weighted by atomic mass is 16.5. The van der Waals surface area contributed by atoms with Crippen molar-refractivity contribution in [3.8, 4) is 11.5 Å². The molecule has 0 unspecified atom stereocenters. The molecule has 0 spiro atoms. The summed E-state index contributed by atoms with van der Waals surface area (Å²) >= 11 is 0. The van der Waals surface area contributed by atoms with Gasteiger partial charge in [0.05, 0.1) is 33.1 Å². The molecular weight excluding hydrogens is 320 g/mol. The Morgan fingerprint density at radius 1 is 1.08 bits per heavy atom. The molecule has 7 nitrogen and oxygen atoms in total. The summed E-state index contributed by atoms with van der Waals surface area (Å²) in [4.78, 5) is 11.1. The first-order valence-corrected chi connectivity index (χ1v) is 8.40. The number of aromatic nitrogens is 2. The molecule has 0 amide bonds. The van der Waals surface area contributed by atoms with Gasteiger partial charge < -0.3 is 24.4 Å². The number of fused-ring (bicyclic) bond motifs is 1. The lowest BCUT2D eigenvalue weighted by Crippen LogP contribution is -2.23. The average Bonchev–Trinajstić information content (AvgIpc) is 3.24. The molecule has 0 bridgehead atoms. The number of anilines is 3. The lowest BCUT2D eigenvalue weighted by atomic mass is 10.0. The van der Waals surface area contributed by atoms with E-state index in [-0.39, 0.29) is 0 Å². The molecule has 2 aliphatic heterocycles. The topological polar surface area (TPSA) is 68.7 Å². The second-order valence-electron chi connectivity index (χ2n) is 6.42. The molecule has 1 N–H and O–H groups in total. The Hall–Kier alpha value is -2.54. The molecule has 132 valence electrons. The predicted octanol–water partition coefficient (Wildman–Crippen LogP) is 2.32. The van der Waals surface area contributed by atoms with Crippen LogP contribution >= 0.6 is 0 Å². The van der Waals surface area contributed by atoms with Crippen LogP contribution in [-0.4, -0.2) is 50.5 Å². The summed E-state index contributed by atoms with van der Waals surface area (Å²) < 4.78 is 16.2. The smallest absolute Gasteiger partial charge is 0.146 e. The van der Waals surface area contributed by atoms with Crippen LogP contribution in [0.15, 0.2) is 30.6 Å². The average molecular weight is 342 g/mol. The molecule has 2 aliphatic rings. The van der Waals surface area contributed by atoms with Gasteiger partial charge in [-0.1, -0.05) is 0 Å². The van der Waals surface area contributed by atoms with E-state index >= 15 is 0 Å². The predicted molar refractivity (Wildman–Crippen MR) is 94.9 cm³/mol. The van der Waals surface area contributed by atoms with E-state index in [0.29, 0.717) is 17.6 Å². The highest BCUT2D eigenvalue weighted by Crippen LogP contribution is 2.34. The number of rotatable bonds is 5. The third-order valence-corrected chi connectivity index (χ3v) is 4.89. The van der Waals surface area contributed by atoms with Gasteiger partial charge in [0.1, 0.15) is 29.5 Å². The Morgan fingerprint density at radius 2 is 1.88 bits per heavy atom. The van der Waals surface area contributed by atoms with E-state index < -0.39 is 0 Å². The maximum Gasteiger partial charge on any atom is 0.146 e. The summed E-state index contributed by atoms with van der Waals surface area (Å²) in [6, 6.07) is 7.61. The molecule has 2 aromatic rings. The van der Waals surface area contributed by atoms with E-state index in [1.165, 1.54) is 0 Å². The third-order valence-electron chi connectivity index (χ3n) is 4.89. The molecule has 7 heteroatoms. The molecular formula is C18H22N4O3. The minimum absolute atomic E-state index is 0.619. The zero-order chi connectivity index (χ0) is 17.2. The Balaban J connectivity index is 1.52. The van der Waals surface area contributed by atoms with Crippen LogP contribution in [0.1, 0.15) is 0 Å². The fourth-order valence-electron chi connectivity index (χ4n) is 3.50. The molecule has 2 fully saturated rings. The van der Waals surface area contributed by atoms with E-state index in [1.54, 1.807) is 20.5 Å². The second kappa shape index (κ2) is 6.76. The first-order chi connectivity index (χ1) is 12.3. The van der Waals surface area contributed by atoms with E-state index in [9.17, 15) is 0 Å². The van der Waals surface area contributed by atoms with Gasteiger partial charge in [0.25, 0.3) is 0 Å². The Bertz CT molecular complexity index is 743. The van der Waals surface area contributed by atoms with Crippen LogP contribution < -0.4 is 19.7 Å². The van der Waals surface area contributed by atoms with Gasteiger partial charge in [0.15, 0.2) is 0 Å². The van der Waals surface area contributed by atoms with Crippen molar-refractivity contribution in [2.75, 3.05) is 50.7 Å². The number of benzene rings is 1. The van der Waals surface area contributed by atoms with Gasteiger partial charge in [-0.25, -0.2) is 9.97 Å². The number of nitrogens with one attached hydrogen (secondary N) is 1. The van der Waals surface area contributed by atoms with Gasteiger partial charge in [-0.05, 0) is 12.1 Å². The summed E-state index contributed by atoms with van der Waals surface area (Å²) in [6.45, 7) is 3.71. The van der Waals surface area contributed by atoms with E-state index in [0.717, 1.165) is 49.4 Å². The fraction of sp³-hybridized carbons (Fsp3) is 0.444. The van der Waals surface area contributed by atoms with Crippen molar-refractivity contribution in [3.63, 3.8) is 0 Å².